The van der Waals surface area contributed by atoms with E-state index >= 15 is 0 Å². The highest BCUT2D eigenvalue weighted by Gasteiger charge is 2.32. The van der Waals surface area contributed by atoms with Crippen LogP contribution in [0.25, 0.3) is 0 Å². The van der Waals surface area contributed by atoms with Gasteiger partial charge in [-0.15, -0.1) is 0 Å². The Labute approximate surface area is 110 Å². The highest BCUT2D eigenvalue weighted by Crippen LogP contribution is 2.26. The van der Waals surface area contributed by atoms with Crippen molar-refractivity contribution in [3.8, 4) is 0 Å². The lowest BCUT2D eigenvalue weighted by molar-refractivity contribution is 0.0544. The van der Waals surface area contributed by atoms with E-state index in [2.05, 4.69) is 9.97 Å². The van der Waals surface area contributed by atoms with Crippen LogP contribution in [0.2, 0.25) is 0 Å². The van der Waals surface area contributed by atoms with Crippen molar-refractivity contribution in [2.45, 2.75) is 31.7 Å². The molecule has 2 rings (SSSR count). The van der Waals surface area contributed by atoms with Crippen molar-refractivity contribution in [2.24, 2.45) is 0 Å². The maximum Gasteiger partial charge on any atom is 0.354 e. The number of carboxylic acids is 1. The minimum Gasteiger partial charge on any atom is -0.477 e. The van der Waals surface area contributed by atoms with Gasteiger partial charge in [0, 0.05) is 19.2 Å². The van der Waals surface area contributed by atoms with Crippen molar-refractivity contribution in [1.82, 2.24) is 14.9 Å². The van der Waals surface area contributed by atoms with Crippen LogP contribution in [-0.2, 0) is 0 Å². The number of imidazole rings is 1. The van der Waals surface area contributed by atoms with Crippen LogP contribution in [0.4, 0.5) is 0 Å². The van der Waals surface area contributed by atoms with E-state index in [-0.39, 0.29) is 29.9 Å². The number of hydrogen-bond acceptors (Lipinski definition) is 4. The summed E-state index contributed by atoms with van der Waals surface area (Å²) in [6.07, 6.45) is 4.60. The van der Waals surface area contributed by atoms with Crippen molar-refractivity contribution in [1.29, 1.82) is 0 Å². The zero-order valence-electron chi connectivity index (χ0n) is 10.5. The molecule has 0 atom stereocenters. The third-order valence-electron chi connectivity index (χ3n) is 3.39. The van der Waals surface area contributed by atoms with Crippen LogP contribution in [0, 0.1) is 0 Å². The van der Waals surface area contributed by atoms with Gasteiger partial charge in [0.2, 0.25) is 0 Å². The Hall–Kier alpha value is -1.89. The summed E-state index contributed by atoms with van der Waals surface area (Å²) in [7, 11) is 0. The molecule has 1 aliphatic carbocycles. The number of aromatic amines is 1. The van der Waals surface area contributed by atoms with Gasteiger partial charge in [-0.25, -0.2) is 9.78 Å². The van der Waals surface area contributed by atoms with Crippen molar-refractivity contribution >= 4 is 11.9 Å². The SMILES string of the molecule is O=C(O)c1[nH]cnc1C(=O)N(CCCO)C1CCC1. The number of H-pyrrole nitrogens is 1. The number of aromatic nitrogens is 2. The van der Waals surface area contributed by atoms with Crippen LogP contribution in [0.15, 0.2) is 6.33 Å². The number of carboxylic acid groups (broad SMARTS) is 1. The van der Waals surface area contributed by atoms with Crippen LogP contribution in [0.3, 0.4) is 0 Å². The zero-order chi connectivity index (χ0) is 13.8. The van der Waals surface area contributed by atoms with E-state index in [1.807, 2.05) is 0 Å². The van der Waals surface area contributed by atoms with Gasteiger partial charge >= 0.3 is 5.97 Å². The predicted octanol–water partition coefficient (Wildman–Crippen LogP) is 0.485. The van der Waals surface area contributed by atoms with E-state index in [9.17, 15) is 9.59 Å². The van der Waals surface area contributed by atoms with E-state index < -0.39 is 5.97 Å². The third-order valence-corrected chi connectivity index (χ3v) is 3.39. The largest absolute Gasteiger partial charge is 0.477 e. The molecule has 0 unspecified atom stereocenters. The van der Waals surface area contributed by atoms with Crippen molar-refractivity contribution < 1.29 is 19.8 Å². The Bertz CT molecular complexity index is 467. The molecule has 1 aromatic heterocycles. The van der Waals surface area contributed by atoms with Gasteiger partial charge in [-0.05, 0) is 25.7 Å². The van der Waals surface area contributed by atoms with Gasteiger partial charge in [-0.1, -0.05) is 0 Å². The number of hydrogen-bond donors (Lipinski definition) is 3. The lowest BCUT2D eigenvalue weighted by atomic mass is 9.91. The topological polar surface area (TPSA) is 107 Å². The molecule has 3 N–H and O–H groups in total. The Morgan fingerprint density at radius 2 is 2.21 bits per heavy atom. The van der Waals surface area contributed by atoms with Gasteiger partial charge in [0.15, 0.2) is 11.4 Å². The van der Waals surface area contributed by atoms with Crippen LogP contribution in [0.1, 0.15) is 46.7 Å². The number of aliphatic hydroxyl groups is 1. The maximum absolute atomic E-state index is 12.4. The first kappa shape index (κ1) is 13.5. The summed E-state index contributed by atoms with van der Waals surface area (Å²) in [6.45, 7) is 0.425. The quantitative estimate of drug-likeness (QED) is 0.695. The zero-order valence-corrected chi connectivity index (χ0v) is 10.5. The van der Waals surface area contributed by atoms with Gasteiger partial charge in [-0.3, -0.25) is 4.79 Å². The normalized spacial score (nSPS) is 15.0. The van der Waals surface area contributed by atoms with Crippen LogP contribution < -0.4 is 0 Å². The summed E-state index contributed by atoms with van der Waals surface area (Å²) >= 11 is 0. The van der Waals surface area contributed by atoms with E-state index in [0.29, 0.717) is 13.0 Å². The fraction of sp³-hybridized carbons (Fsp3) is 0.583. The second-order valence-corrected chi connectivity index (χ2v) is 4.59. The Balaban J connectivity index is 2.17. The highest BCUT2D eigenvalue weighted by atomic mass is 16.4. The standard InChI is InChI=1S/C12H17N3O4/c16-6-2-5-15(8-3-1-4-8)11(17)9-10(12(18)19)14-7-13-9/h7-8,16H,1-6H2,(H,13,14)(H,18,19). The van der Waals surface area contributed by atoms with E-state index in [4.69, 9.17) is 10.2 Å². The molecule has 1 aliphatic rings. The fourth-order valence-corrected chi connectivity index (χ4v) is 2.14. The molecule has 1 saturated carbocycles. The Morgan fingerprint density at radius 1 is 1.47 bits per heavy atom. The number of amides is 1. The van der Waals surface area contributed by atoms with Crippen LogP contribution in [0.5, 0.6) is 0 Å². The smallest absolute Gasteiger partial charge is 0.354 e. The van der Waals surface area contributed by atoms with Gasteiger partial charge in [0.1, 0.15) is 0 Å². The number of nitrogens with zero attached hydrogens (tertiary/aromatic N) is 2. The molecule has 7 nitrogen and oxygen atoms in total. The molecule has 7 heteroatoms. The average Bonchev–Trinajstić information content (AvgIpc) is 2.80. The second-order valence-electron chi connectivity index (χ2n) is 4.59. The summed E-state index contributed by atoms with van der Waals surface area (Å²) in [5.74, 6) is -1.58. The summed E-state index contributed by atoms with van der Waals surface area (Å²) in [6, 6.07) is 0.136. The minimum absolute atomic E-state index is 0.00283. The molecule has 0 radical (unpaired) electrons. The van der Waals surface area contributed by atoms with Gasteiger partial charge in [-0.2, -0.15) is 0 Å². The van der Waals surface area contributed by atoms with Crippen molar-refractivity contribution in [3.63, 3.8) is 0 Å². The predicted molar refractivity (Wildman–Crippen MR) is 65.9 cm³/mol. The first-order valence-electron chi connectivity index (χ1n) is 6.33. The average molecular weight is 267 g/mol. The van der Waals surface area contributed by atoms with Gasteiger partial charge < -0.3 is 20.1 Å². The molecule has 104 valence electrons. The Kier molecular flexibility index (Phi) is 4.16. The molecule has 0 aromatic carbocycles. The lowest BCUT2D eigenvalue weighted by Crippen LogP contribution is -2.45. The lowest BCUT2D eigenvalue weighted by Gasteiger charge is -2.37. The molecule has 0 aliphatic heterocycles. The number of aromatic carboxylic acids is 1. The van der Waals surface area contributed by atoms with E-state index in [1.165, 1.54) is 6.33 Å². The molecule has 0 spiro atoms. The summed E-state index contributed by atoms with van der Waals surface area (Å²) in [5, 5.41) is 17.9. The number of aliphatic hydroxyl groups excluding tert-OH is 1. The molecule has 1 amide bonds. The van der Waals surface area contributed by atoms with Crippen molar-refractivity contribution in [3.05, 3.63) is 17.7 Å². The molecule has 19 heavy (non-hydrogen) atoms. The fourth-order valence-electron chi connectivity index (χ4n) is 2.14. The summed E-state index contributed by atoms with van der Waals surface area (Å²) in [5.41, 5.74) is -0.240. The summed E-state index contributed by atoms with van der Waals surface area (Å²) < 4.78 is 0. The molecular formula is C12H17N3O4. The number of rotatable bonds is 6. The maximum atomic E-state index is 12.4. The number of carbonyl (C=O) groups is 2. The van der Waals surface area contributed by atoms with Crippen molar-refractivity contribution in [2.75, 3.05) is 13.2 Å². The molecule has 1 heterocycles. The molecule has 1 aromatic rings. The second kappa shape index (κ2) is 5.83. The van der Waals surface area contributed by atoms with E-state index in [0.717, 1.165) is 19.3 Å². The van der Waals surface area contributed by atoms with E-state index in [1.54, 1.807) is 4.90 Å². The van der Waals surface area contributed by atoms with Gasteiger partial charge in [0.25, 0.3) is 5.91 Å². The minimum atomic E-state index is -1.20. The first-order valence-corrected chi connectivity index (χ1v) is 6.33. The molecule has 0 bridgehead atoms. The third kappa shape index (κ3) is 2.76. The molecule has 1 fully saturated rings. The van der Waals surface area contributed by atoms with Crippen LogP contribution >= 0.6 is 0 Å². The number of carbonyl (C=O) groups excluding carboxylic acids is 1. The van der Waals surface area contributed by atoms with Crippen LogP contribution in [-0.4, -0.2) is 56.2 Å². The monoisotopic (exact) mass is 267 g/mol. The summed E-state index contributed by atoms with van der Waals surface area (Å²) in [4.78, 5) is 31.3. The molecule has 0 saturated heterocycles. The molecular weight excluding hydrogens is 250 g/mol. The Morgan fingerprint density at radius 3 is 2.74 bits per heavy atom. The highest BCUT2D eigenvalue weighted by molar-refractivity contribution is 6.02. The van der Waals surface area contributed by atoms with Gasteiger partial charge in [0.05, 0.1) is 6.33 Å². The number of nitrogens with one attached hydrogen (secondary N) is 1. The first-order chi connectivity index (χ1) is 9.15.